The molecule has 0 saturated carbocycles. The van der Waals surface area contributed by atoms with E-state index in [1.807, 2.05) is 0 Å². The summed E-state index contributed by atoms with van der Waals surface area (Å²) in [7, 11) is 0. The maximum absolute atomic E-state index is 5.57. The van der Waals surface area contributed by atoms with Crippen LogP contribution in [0, 0.1) is 0 Å². The lowest BCUT2D eigenvalue weighted by Gasteiger charge is -2.51. The van der Waals surface area contributed by atoms with Crippen LogP contribution in [0.3, 0.4) is 0 Å². The third-order valence-electron chi connectivity index (χ3n) is 4.30. The van der Waals surface area contributed by atoms with E-state index in [0.29, 0.717) is 0 Å². The fourth-order valence-corrected chi connectivity index (χ4v) is 2.96. The van der Waals surface area contributed by atoms with E-state index in [1.165, 1.54) is 5.56 Å². The van der Waals surface area contributed by atoms with Crippen LogP contribution < -0.4 is 5.32 Å². The maximum Gasteiger partial charge on any atom is 0.0593 e. The van der Waals surface area contributed by atoms with E-state index < -0.39 is 0 Å². The number of benzene rings is 1. The number of hydrogen-bond acceptors (Lipinski definition) is 3. The Morgan fingerprint density at radius 3 is 2.55 bits per heavy atom. The van der Waals surface area contributed by atoms with Crippen LogP contribution in [0.25, 0.3) is 0 Å². The Kier molecular flexibility index (Phi) is 4.84. The average Bonchev–Trinajstić information content (AvgIpc) is 2.44. The van der Waals surface area contributed by atoms with E-state index in [-0.39, 0.29) is 11.1 Å². The highest BCUT2D eigenvalue weighted by Gasteiger charge is 2.41. The van der Waals surface area contributed by atoms with Crippen LogP contribution in [0.5, 0.6) is 0 Å². The molecule has 0 spiro atoms. The van der Waals surface area contributed by atoms with Gasteiger partial charge in [0, 0.05) is 31.8 Å². The minimum atomic E-state index is 0.0356. The third-order valence-corrected chi connectivity index (χ3v) is 4.30. The lowest BCUT2D eigenvalue weighted by molar-refractivity contribution is 0.000561. The van der Waals surface area contributed by atoms with Crippen molar-refractivity contribution in [2.45, 2.75) is 38.8 Å². The molecule has 0 aliphatic carbocycles. The summed E-state index contributed by atoms with van der Waals surface area (Å²) in [5.41, 5.74) is 1.56. The average molecular weight is 276 g/mol. The topological polar surface area (TPSA) is 24.5 Å². The summed E-state index contributed by atoms with van der Waals surface area (Å²) in [6, 6.07) is 10.8. The highest BCUT2D eigenvalue weighted by molar-refractivity contribution is 5.26. The van der Waals surface area contributed by atoms with Gasteiger partial charge in [0.1, 0.15) is 0 Å². The number of nitrogens with zero attached hydrogens (tertiary/aromatic N) is 1. The second-order valence-corrected chi connectivity index (χ2v) is 6.50. The number of nitrogens with one attached hydrogen (secondary N) is 1. The van der Waals surface area contributed by atoms with Gasteiger partial charge in [-0.25, -0.2) is 0 Å². The molecule has 1 fully saturated rings. The first-order valence-electron chi connectivity index (χ1n) is 7.61. The normalized spacial score (nSPS) is 26.6. The zero-order chi connectivity index (χ0) is 14.6. The maximum atomic E-state index is 5.57. The molecule has 1 atom stereocenters. The molecular weight excluding hydrogens is 248 g/mol. The highest BCUT2D eigenvalue weighted by atomic mass is 16.5. The third kappa shape index (κ3) is 3.40. The van der Waals surface area contributed by atoms with Crippen LogP contribution in [0.2, 0.25) is 0 Å². The van der Waals surface area contributed by atoms with Gasteiger partial charge in [-0.15, -0.1) is 0 Å². The predicted octanol–water partition coefficient (Wildman–Crippen LogP) is 2.62. The Balaban J connectivity index is 2.19. The first-order chi connectivity index (χ1) is 9.48. The Morgan fingerprint density at radius 2 is 1.90 bits per heavy atom. The van der Waals surface area contributed by atoms with Crippen molar-refractivity contribution in [3.05, 3.63) is 35.9 Å². The fraction of sp³-hybridized carbons (Fsp3) is 0.647. The van der Waals surface area contributed by atoms with E-state index in [1.54, 1.807) is 0 Å². The summed E-state index contributed by atoms with van der Waals surface area (Å²) >= 11 is 0. The van der Waals surface area contributed by atoms with Gasteiger partial charge in [-0.2, -0.15) is 0 Å². The molecule has 0 bridgehead atoms. The number of ether oxygens (including phenoxy) is 1. The van der Waals surface area contributed by atoms with Gasteiger partial charge in [0.2, 0.25) is 0 Å². The molecule has 3 nitrogen and oxygen atoms in total. The smallest absolute Gasteiger partial charge is 0.0593 e. The van der Waals surface area contributed by atoms with Crippen LogP contribution in [-0.4, -0.2) is 43.3 Å². The van der Waals surface area contributed by atoms with Crippen molar-refractivity contribution in [3.8, 4) is 0 Å². The second kappa shape index (κ2) is 6.25. The van der Waals surface area contributed by atoms with E-state index in [9.17, 15) is 0 Å². The molecule has 112 valence electrons. The number of hydrogen-bond donors (Lipinski definition) is 1. The molecule has 1 aliphatic rings. The van der Waals surface area contributed by atoms with Gasteiger partial charge in [0.05, 0.1) is 12.1 Å². The molecule has 0 amide bonds. The van der Waals surface area contributed by atoms with Gasteiger partial charge in [-0.05, 0) is 33.3 Å². The minimum Gasteiger partial charge on any atom is -0.380 e. The van der Waals surface area contributed by atoms with Crippen molar-refractivity contribution in [1.29, 1.82) is 0 Å². The molecule has 1 aromatic rings. The van der Waals surface area contributed by atoms with Crippen LogP contribution in [-0.2, 0) is 10.3 Å². The van der Waals surface area contributed by atoms with Gasteiger partial charge < -0.3 is 10.1 Å². The minimum absolute atomic E-state index is 0.0356. The molecule has 0 radical (unpaired) electrons. The van der Waals surface area contributed by atoms with Gasteiger partial charge in [-0.1, -0.05) is 30.3 Å². The Hall–Kier alpha value is -0.900. The lowest BCUT2D eigenvalue weighted by atomic mass is 9.84. The molecule has 1 aliphatic heterocycles. The van der Waals surface area contributed by atoms with E-state index in [4.69, 9.17) is 4.74 Å². The Labute approximate surface area is 123 Å². The van der Waals surface area contributed by atoms with Crippen molar-refractivity contribution in [2.24, 2.45) is 0 Å². The summed E-state index contributed by atoms with van der Waals surface area (Å²) < 4.78 is 5.57. The van der Waals surface area contributed by atoms with Crippen molar-refractivity contribution < 1.29 is 4.74 Å². The standard InChI is InChI=1S/C17H28N2O/c1-5-20-12-11-19-14-16(2,3)18-13-17(19,4)15-9-7-6-8-10-15/h6-10,18H,5,11-14H2,1-4H3. The highest BCUT2D eigenvalue weighted by Crippen LogP contribution is 2.32. The molecule has 1 heterocycles. The molecule has 1 N–H and O–H groups in total. The van der Waals surface area contributed by atoms with Crippen molar-refractivity contribution in [3.63, 3.8) is 0 Å². The van der Waals surface area contributed by atoms with E-state index >= 15 is 0 Å². The first kappa shape index (κ1) is 15.5. The fourth-order valence-electron chi connectivity index (χ4n) is 2.96. The van der Waals surface area contributed by atoms with Crippen LogP contribution in [0.15, 0.2) is 30.3 Å². The molecular formula is C17H28N2O. The summed E-state index contributed by atoms with van der Waals surface area (Å²) in [6.45, 7) is 13.5. The summed E-state index contributed by atoms with van der Waals surface area (Å²) in [6.07, 6.45) is 0. The molecule has 0 aromatic heterocycles. The van der Waals surface area contributed by atoms with Gasteiger partial charge in [0.25, 0.3) is 0 Å². The summed E-state index contributed by atoms with van der Waals surface area (Å²) in [4.78, 5) is 2.56. The summed E-state index contributed by atoms with van der Waals surface area (Å²) in [5.74, 6) is 0. The zero-order valence-corrected chi connectivity index (χ0v) is 13.3. The number of piperazine rings is 1. The SMILES string of the molecule is CCOCCN1CC(C)(C)NCC1(C)c1ccccc1. The molecule has 20 heavy (non-hydrogen) atoms. The summed E-state index contributed by atoms with van der Waals surface area (Å²) in [5, 5.41) is 3.69. The zero-order valence-electron chi connectivity index (χ0n) is 13.3. The Bertz CT molecular complexity index is 418. The first-order valence-corrected chi connectivity index (χ1v) is 7.61. The predicted molar refractivity (Wildman–Crippen MR) is 83.9 cm³/mol. The van der Waals surface area contributed by atoms with Crippen molar-refractivity contribution in [1.82, 2.24) is 10.2 Å². The number of rotatable bonds is 5. The molecule has 3 heteroatoms. The quantitative estimate of drug-likeness (QED) is 0.837. The van der Waals surface area contributed by atoms with E-state index in [0.717, 1.165) is 32.8 Å². The van der Waals surface area contributed by atoms with Crippen molar-refractivity contribution in [2.75, 3.05) is 32.8 Å². The van der Waals surface area contributed by atoms with Crippen LogP contribution in [0.1, 0.15) is 33.3 Å². The van der Waals surface area contributed by atoms with Gasteiger partial charge in [0.15, 0.2) is 0 Å². The lowest BCUT2D eigenvalue weighted by Crippen LogP contribution is -2.66. The molecule has 1 saturated heterocycles. The molecule has 1 unspecified atom stereocenters. The Morgan fingerprint density at radius 1 is 1.20 bits per heavy atom. The van der Waals surface area contributed by atoms with Gasteiger partial charge >= 0.3 is 0 Å². The second-order valence-electron chi connectivity index (χ2n) is 6.50. The van der Waals surface area contributed by atoms with Crippen LogP contribution >= 0.6 is 0 Å². The van der Waals surface area contributed by atoms with Gasteiger partial charge in [-0.3, -0.25) is 4.90 Å². The van der Waals surface area contributed by atoms with Crippen LogP contribution in [0.4, 0.5) is 0 Å². The molecule has 1 aromatic carbocycles. The molecule has 2 rings (SSSR count). The van der Waals surface area contributed by atoms with E-state index in [2.05, 4.69) is 68.2 Å². The van der Waals surface area contributed by atoms with Crippen molar-refractivity contribution >= 4 is 0 Å². The largest absolute Gasteiger partial charge is 0.380 e. The monoisotopic (exact) mass is 276 g/mol.